The quantitative estimate of drug-likeness (QED) is 0.396. The van der Waals surface area contributed by atoms with E-state index in [0.717, 1.165) is 10.8 Å². The van der Waals surface area contributed by atoms with Gasteiger partial charge in [0, 0.05) is 28.1 Å². The van der Waals surface area contributed by atoms with Gasteiger partial charge in [-0.3, -0.25) is 14.9 Å². The molecule has 0 bridgehead atoms. The van der Waals surface area contributed by atoms with Gasteiger partial charge in [0.25, 0.3) is 11.6 Å². The number of benzene rings is 3. The summed E-state index contributed by atoms with van der Waals surface area (Å²) in [6.45, 7) is -0.228. The van der Waals surface area contributed by atoms with Crippen LogP contribution in [0.2, 0.25) is 5.02 Å². The Morgan fingerprint density at radius 3 is 2.78 bits per heavy atom. The van der Waals surface area contributed by atoms with Crippen molar-refractivity contribution in [3.63, 3.8) is 0 Å². The zero-order valence-corrected chi connectivity index (χ0v) is 14.7. The van der Waals surface area contributed by atoms with E-state index in [1.165, 1.54) is 24.4 Å². The average Bonchev–Trinajstić information content (AvgIpc) is 2.67. The van der Waals surface area contributed by atoms with E-state index >= 15 is 0 Å². The molecule has 0 atom stereocenters. The smallest absolute Gasteiger partial charge is 0.277 e. The standard InChI is InChI=1S/C19H14ClN3O4/c20-17-9-8-15(23(25)26)10-14(17)11-21-22-19(24)12-27-18-7-3-5-13-4-1-2-6-16(13)18/h1-11H,12H2,(H,22,24)/b21-11+. The number of carbonyl (C=O) groups is 1. The molecule has 0 aliphatic rings. The molecule has 0 fully saturated rings. The maximum absolute atomic E-state index is 11.9. The monoisotopic (exact) mass is 383 g/mol. The third-order valence-corrected chi connectivity index (χ3v) is 4.04. The summed E-state index contributed by atoms with van der Waals surface area (Å²) >= 11 is 5.96. The second-order valence-corrected chi connectivity index (χ2v) is 5.93. The first-order valence-corrected chi connectivity index (χ1v) is 8.29. The van der Waals surface area contributed by atoms with Gasteiger partial charge in [0.15, 0.2) is 6.61 Å². The minimum Gasteiger partial charge on any atom is -0.483 e. The summed E-state index contributed by atoms with van der Waals surface area (Å²) in [5, 5.41) is 16.8. The maximum atomic E-state index is 11.9. The molecule has 3 aromatic rings. The molecule has 1 N–H and O–H groups in total. The molecule has 0 radical (unpaired) electrons. The van der Waals surface area contributed by atoms with Gasteiger partial charge in [-0.25, -0.2) is 5.43 Å². The molecule has 0 aliphatic heterocycles. The van der Waals surface area contributed by atoms with E-state index in [2.05, 4.69) is 10.5 Å². The van der Waals surface area contributed by atoms with Crippen molar-refractivity contribution in [2.24, 2.45) is 5.10 Å². The van der Waals surface area contributed by atoms with Crippen molar-refractivity contribution >= 4 is 40.2 Å². The molecule has 27 heavy (non-hydrogen) atoms. The zero-order valence-electron chi connectivity index (χ0n) is 14.0. The molecule has 0 unspecified atom stereocenters. The normalized spacial score (nSPS) is 10.9. The highest BCUT2D eigenvalue weighted by molar-refractivity contribution is 6.33. The summed E-state index contributed by atoms with van der Waals surface area (Å²) in [5.41, 5.74) is 2.50. The third kappa shape index (κ3) is 4.59. The number of nitrogens with zero attached hydrogens (tertiary/aromatic N) is 2. The van der Waals surface area contributed by atoms with Crippen LogP contribution in [0.15, 0.2) is 65.8 Å². The van der Waals surface area contributed by atoms with Crippen molar-refractivity contribution in [1.82, 2.24) is 5.43 Å². The van der Waals surface area contributed by atoms with Crippen molar-refractivity contribution < 1.29 is 14.5 Å². The molecule has 0 aromatic heterocycles. The average molecular weight is 384 g/mol. The van der Waals surface area contributed by atoms with Crippen LogP contribution in [0.3, 0.4) is 0 Å². The van der Waals surface area contributed by atoms with Gasteiger partial charge in [-0.05, 0) is 17.5 Å². The van der Waals surface area contributed by atoms with Crippen molar-refractivity contribution in [2.45, 2.75) is 0 Å². The second kappa shape index (κ2) is 8.29. The Morgan fingerprint density at radius 2 is 1.96 bits per heavy atom. The first kappa shape index (κ1) is 18.3. The van der Waals surface area contributed by atoms with Crippen LogP contribution in [0.25, 0.3) is 10.8 Å². The maximum Gasteiger partial charge on any atom is 0.277 e. The molecule has 3 rings (SSSR count). The van der Waals surface area contributed by atoms with Crippen LogP contribution >= 0.6 is 11.6 Å². The third-order valence-electron chi connectivity index (χ3n) is 3.69. The fourth-order valence-electron chi connectivity index (χ4n) is 2.41. The summed E-state index contributed by atoms with van der Waals surface area (Å²) in [6.07, 6.45) is 1.24. The molecule has 1 amide bonds. The van der Waals surface area contributed by atoms with Gasteiger partial charge in [-0.2, -0.15) is 5.10 Å². The summed E-state index contributed by atoms with van der Waals surface area (Å²) in [4.78, 5) is 22.2. The number of nitro benzene ring substituents is 1. The minimum atomic E-state index is -0.537. The highest BCUT2D eigenvalue weighted by Gasteiger charge is 2.09. The number of hydrogen-bond donors (Lipinski definition) is 1. The molecule has 136 valence electrons. The Hall–Kier alpha value is -3.45. The van der Waals surface area contributed by atoms with E-state index in [0.29, 0.717) is 11.3 Å². The number of rotatable bonds is 6. The highest BCUT2D eigenvalue weighted by atomic mass is 35.5. The molecule has 0 saturated heterocycles. The summed E-state index contributed by atoms with van der Waals surface area (Å²) in [6, 6.07) is 17.2. The number of ether oxygens (including phenoxy) is 1. The van der Waals surface area contributed by atoms with Crippen molar-refractivity contribution in [3.05, 3.63) is 81.4 Å². The number of hydrogen-bond acceptors (Lipinski definition) is 5. The van der Waals surface area contributed by atoms with Crippen LogP contribution in [0, 0.1) is 10.1 Å². The Bertz CT molecular complexity index is 1030. The molecule has 0 saturated carbocycles. The van der Waals surface area contributed by atoms with Gasteiger partial charge in [0.2, 0.25) is 0 Å². The van der Waals surface area contributed by atoms with E-state index in [1.54, 1.807) is 6.07 Å². The van der Waals surface area contributed by atoms with Crippen molar-refractivity contribution in [1.29, 1.82) is 0 Å². The molecule has 0 spiro atoms. The van der Waals surface area contributed by atoms with Crippen LogP contribution in [-0.2, 0) is 4.79 Å². The van der Waals surface area contributed by atoms with E-state index in [4.69, 9.17) is 16.3 Å². The lowest BCUT2D eigenvalue weighted by molar-refractivity contribution is -0.384. The largest absolute Gasteiger partial charge is 0.483 e. The van der Waals surface area contributed by atoms with E-state index < -0.39 is 10.8 Å². The van der Waals surface area contributed by atoms with Crippen LogP contribution < -0.4 is 10.2 Å². The molecule has 0 aliphatic carbocycles. The minimum absolute atomic E-state index is 0.119. The molecule has 0 heterocycles. The predicted octanol–water partition coefficient (Wildman–Crippen LogP) is 3.93. The molecule has 8 heteroatoms. The van der Waals surface area contributed by atoms with E-state index in [1.807, 2.05) is 36.4 Å². The first-order chi connectivity index (χ1) is 13.0. The van der Waals surface area contributed by atoms with Crippen molar-refractivity contribution in [3.8, 4) is 5.75 Å². The van der Waals surface area contributed by atoms with E-state index in [9.17, 15) is 14.9 Å². The van der Waals surface area contributed by atoms with E-state index in [-0.39, 0.29) is 17.3 Å². The zero-order chi connectivity index (χ0) is 19.2. The number of amides is 1. The van der Waals surface area contributed by atoms with Gasteiger partial charge in [-0.15, -0.1) is 0 Å². The number of halogens is 1. The van der Waals surface area contributed by atoms with Gasteiger partial charge >= 0.3 is 0 Å². The Labute approximate surface area is 159 Å². The molecular weight excluding hydrogens is 370 g/mol. The van der Waals surface area contributed by atoms with Gasteiger partial charge in [0.05, 0.1) is 11.1 Å². The topological polar surface area (TPSA) is 93.8 Å². The number of carbonyl (C=O) groups excluding carboxylic acids is 1. The van der Waals surface area contributed by atoms with Crippen LogP contribution in [0.1, 0.15) is 5.56 Å². The van der Waals surface area contributed by atoms with Gasteiger partial charge in [0.1, 0.15) is 5.75 Å². The lowest BCUT2D eigenvalue weighted by atomic mass is 10.1. The first-order valence-electron chi connectivity index (χ1n) is 7.91. The van der Waals surface area contributed by atoms with Crippen LogP contribution in [0.4, 0.5) is 5.69 Å². The second-order valence-electron chi connectivity index (χ2n) is 5.52. The molecular formula is C19H14ClN3O4. The lowest BCUT2D eigenvalue weighted by Gasteiger charge is -2.08. The number of non-ortho nitro benzene ring substituents is 1. The SMILES string of the molecule is O=C(COc1cccc2ccccc12)N/N=C/c1cc([N+](=O)[O-])ccc1Cl. The van der Waals surface area contributed by atoms with Crippen LogP contribution in [-0.4, -0.2) is 23.7 Å². The lowest BCUT2D eigenvalue weighted by Crippen LogP contribution is -2.24. The Kier molecular flexibility index (Phi) is 5.63. The highest BCUT2D eigenvalue weighted by Crippen LogP contribution is 2.25. The Morgan fingerprint density at radius 1 is 1.19 bits per heavy atom. The van der Waals surface area contributed by atoms with Gasteiger partial charge in [-0.1, -0.05) is 48.0 Å². The van der Waals surface area contributed by atoms with Gasteiger partial charge < -0.3 is 4.74 Å². The number of nitro groups is 1. The number of fused-ring (bicyclic) bond motifs is 1. The summed E-state index contributed by atoms with van der Waals surface area (Å²) in [7, 11) is 0. The number of nitrogens with one attached hydrogen (secondary N) is 1. The molecule has 3 aromatic carbocycles. The van der Waals surface area contributed by atoms with Crippen molar-refractivity contribution in [2.75, 3.05) is 6.61 Å². The summed E-state index contributed by atoms with van der Waals surface area (Å²) in [5.74, 6) is 0.120. The number of hydrazone groups is 1. The fourth-order valence-corrected chi connectivity index (χ4v) is 2.58. The summed E-state index contributed by atoms with van der Waals surface area (Å²) < 4.78 is 5.56. The predicted molar refractivity (Wildman–Crippen MR) is 103 cm³/mol. The Balaban J connectivity index is 1.61. The fraction of sp³-hybridized carbons (Fsp3) is 0.0526. The molecule has 7 nitrogen and oxygen atoms in total. The van der Waals surface area contributed by atoms with Crippen LogP contribution in [0.5, 0.6) is 5.75 Å².